The predicted octanol–water partition coefficient (Wildman–Crippen LogP) is 10.0. The van der Waals surface area contributed by atoms with E-state index in [-0.39, 0.29) is 0 Å². The normalized spacial score (nSPS) is 11.9. The Balaban J connectivity index is 1.22. The number of oxazole rings is 2. The van der Waals surface area contributed by atoms with Crippen molar-refractivity contribution in [2.24, 2.45) is 0 Å². The van der Waals surface area contributed by atoms with Gasteiger partial charge in [-0.3, -0.25) is 0 Å². The molecule has 4 aromatic carbocycles. The number of nitrogens with zero attached hydrogens (tertiary/aromatic N) is 2. The van der Waals surface area contributed by atoms with E-state index in [1.165, 1.54) is 56.8 Å². The highest BCUT2D eigenvalue weighted by Gasteiger charge is 2.15. The van der Waals surface area contributed by atoms with Gasteiger partial charge in [-0.2, -0.15) is 0 Å². The first-order valence-corrected chi connectivity index (χ1v) is 13.9. The van der Waals surface area contributed by atoms with Gasteiger partial charge in [0, 0.05) is 22.8 Å². The van der Waals surface area contributed by atoms with Crippen LogP contribution in [0.15, 0.2) is 75.6 Å². The standard InChI is InChI=1S/C33H34N2O2/c1-2-3-4-5-6-7-8-9-13-16-30-34-31-26-17-18-27-25(24(26)19-21-28(31)36-30)20-22-29-32(27)35-33(37-29)23-14-11-10-12-15-23/h10-12,14-15,17-22H,2-9,13,16H2,1H3. The Bertz CT molecular complexity index is 1650. The van der Waals surface area contributed by atoms with E-state index in [0.717, 1.165) is 62.7 Å². The summed E-state index contributed by atoms with van der Waals surface area (Å²) < 4.78 is 12.2. The Hall–Kier alpha value is -3.66. The quantitative estimate of drug-likeness (QED) is 0.134. The molecule has 6 rings (SSSR count). The lowest BCUT2D eigenvalue weighted by Crippen LogP contribution is -1.87. The predicted molar refractivity (Wildman–Crippen MR) is 153 cm³/mol. The van der Waals surface area contributed by atoms with Gasteiger partial charge >= 0.3 is 0 Å². The molecule has 4 nitrogen and oxygen atoms in total. The third kappa shape index (κ3) is 4.85. The Kier molecular flexibility index (Phi) is 6.90. The number of benzene rings is 4. The first-order chi connectivity index (χ1) is 18.3. The van der Waals surface area contributed by atoms with Crippen molar-refractivity contribution in [3.63, 3.8) is 0 Å². The molecule has 0 fully saturated rings. The molecule has 0 aliphatic carbocycles. The van der Waals surface area contributed by atoms with E-state index in [9.17, 15) is 0 Å². The minimum absolute atomic E-state index is 0.649. The van der Waals surface area contributed by atoms with Crippen LogP contribution >= 0.6 is 0 Å². The number of unbranched alkanes of at least 4 members (excludes halogenated alkanes) is 8. The van der Waals surface area contributed by atoms with Crippen molar-refractivity contribution in [2.75, 3.05) is 0 Å². The Morgan fingerprint density at radius 2 is 1.11 bits per heavy atom. The molecule has 4 heteroatoms. The van der Waals surface area contributed by atoms with Crippen molar-refractivity contribution in [1.82, 2.24) is 9.97 Å². The van der Waals surface area contributed by atoms with Gasteiger partial charge in [0.1, 0.15) is 11.0 Å². The van der Waals surface area contributed by atoms with Crippen molar-refractivity contribution >= 4 is 43.7 Å². The Labute approximate surface area is 217 Å². The molecular formula is C33H34N2O2. The monoisotopic (exact) mass is 490 g/mol. The average Bonchev–Trinajstić information content (AvgIpc) is 3.57. The molecule has 0 atom stereocenters. The van der Waals surface area contributed by atoms with Crippen LogP contribution in [0.2, 0.25) is 0 Å². The molecule has 188 valence electrons. The minimum atomic E-state index is 0.649. The molecule has 2 aromatic heterocycles. The van der Waals surface area contributed by atoms with Crippen molar-refractivity contribution in [3.05, 3.63) is 72.6 Å². The van der Waals surface area contributed by atoms with Crippen LogP contribution in [0.25, 0.3) is 55.2 Å². The van der Waals surface area contributed by atoms with Crippen LogP contribution in [0.4, 0.5) is 0 Å². The fourth-order valence-corrected chi connectivity index (χ4v) is 5.45. The number of hydrogen-bond acceptors (Lipinski definition) is 4. The molecule has 2 heterocycles. The Morgan fingerprint density at radius 1 is 0.541 bits per heavy atom. The fraction of sp³-hybridized carbons (Fsp3) is 0.333. The van der Waals surface area contributed by atoms with Gasteiger partial charge in [-0.1, -0.05) is 88.6 Å². The molecule has 0 bridgehead atoms. The highest BCUT2D eigenvalue weighted by atomic mass is 16.4. The van der Waals surface area contributed by atoms with Crippen LogP contribution in [0, 0.1) is 0 Å². The molecule has 0 aliphatic rings. The van der Waals surface area contributed by atoms with E-state index >= 15 is 0 Å². The van der Waals surface area contributed by atoms with E-state index in [1.54, 1.807) is 0 Å². The summed E-state index contributed by atoms with van der Waals surface area (Å²) in [5.41, 5.74) is 4.50. The molecule has 0 saturated carbocycles. The second kappa shape index (κ2) is 10.8. The summed E-state index contributed by atoms with van der Waals surface area (Å²) in [6.07, 6.45) is 12.8. The summed E-state index contributed by atoms with van der Waals surface area (Å²) in [6.45, 7) is 2.27. The molecular weight excluding hydrogens is 456 g/mol. The number of aromatic nitrogens is 2. The van der Waals surface area contributed by atoms with Gasteiger partial charge in [-0.15, -0.1) is 0 Å². The van der Waals surface area contributed by atoms with E-state index in [1.807, 2.05) is 36.4 Å². The molecule has 0 aliphatic heterocycles. The summed E-state index contributed by atoms with van der Waals surface area (Å²) in [5.74, 6) is 1.50. The van der Waals surface area contributed by atoms with Crippen molar-refractivity contribution in [3.8, 4) is 11.5 Å². The summed E-state index contributed by atoms with van der Waals surface area (Å²) in [5, 5.41) is 4.54. The molecule has 0 unspecified atom stereocenters. The molecule has 0 radical (unpaired) electrons. The molecule has 0 N–H and O–H groups in total. The minimum Gasteiger partial charge on any atom is -0.441 e. The SMILES string of the molecule is CCCCCCCCCCCc1nc2c(ccc3c4ccc5oc(-c6ccccc6)nc5c4ccc32)o1. The molecule has 0 amide bonds. The highest BCUT2D eigenvalue weighted by molar-refractivity contribution is 6.19. The number of rotatable bonds is 11. The van der Waals surface area contributed by atoms with Crippen molar-refractivity contribution < 1.29 is 8.83 Å². The van der Waals surface area contributed by atoms with Crippen LogP contribution in [-0.2, 0) is 6.42 Å². The highest BCUT2D eigenvalue weighted by Crippen LogP contribution is 2.36. The molecule has 6 aromatic rings. The van der Waals surface area contributed by atoms with E-state index in [4.69, 9.17) is 18.8 Å². The lowest BCUT2D eigenvalue weighted by atomic mass is 10.0. The second-order valence-electron chi connectivity index (χ2n) is 10.2. The third-order valence-electron chi connectivity index (χ3n) is 7.47. The smallest absolute Gasteiger partial charge is 0.227 e. The zero-order chi connectivity index (χ0) is 25.0. The van der Waals surface area contributed by atoms with Crippen molar-refractivity contribution in [2.45, 2.75) is 71.1 Å². The summed E-state index contributed by atoms with van der Waals surface area (Å²) in [4.78, 5) is 9.78. The van der Waals surface area contributed by atoms with Gasteiger partial charge in [0.15, 0.2) is 17.1 Å². The molecule has 0 saturated heterocycles. The van der Waals surface area contributed by atoms with Crippen molar-refractivity contribution in [1.29, 1.82) is 0 Å². The van der Waals surface area contributed by atoms with E-state index < -0.39 is 0 Å². The molecule has 37 heavy (non-hydrogen) atoms. The average molecular weight is 491 g/mol. The van der Waals surface area contributed by atoms with E-state index in [0.29, 0.717) is 5.89 Å². The fourth-order valence-electron chi connectivity index (χ4n) is 5.45. The molecule has 0 spiro atoms. The summed E-state index contributed by atoms with van der Waals surface area (Å²) in [6, 6.07) is 22.7. The zero-order valence-electron chi connectivity index (χ0n) is 21.6. The van der Waals surface area contributed by atoms with Gasteiger partial charge in [0.05, 0.1) is 0 Å². The van der Waals surface area contributed by atoms with Gasteiger partial charge in [-0.25, -0.2) is 9.97 Å². The van der Waals surface area contributed by atoms with Crippen LogP contribution in [0.5, 0.6) is 0 Å². The topological polar surface area (TPSA) is 52.1 Å². The number of hydrogen-bond donors (Lipinski definition) is 0. The zero-order valence-corrected chi connectivity index (χ0v) is 21.6. The number of aryl methyl sites for hydroxylation is 1. The third-order valence-corrected chi connectivity index (χ3v) is 7.47. The van der Waals surface area contributed by atoms with Gasteiger partial charge < -0.3 is 8.83 Å². The maximum absolute atomic E-state index is 6.14. The van der Waals surface area contributed by atoms with E-state index in [2.05, 4.69) is 37.3 Å². The van der Waals surface area contributed by atoms with Gasteiger partial charge in [0.2, 0.25) is 5.89 Å². The first kappa shape index (κ1) is 23.7. The lowest BCUT2D eigenvalue weighted by Gasteiger charge is -2.04. The largest absolute Gasteiger partial charge is 0.441 e. The first-order valence-electron chi connectivity index (χ1n) is 13.9. The second-order valence-corrected chi connectivity index (χ2v) is 10.2. The van der Waals surface area contributed by atoms with Crippen LogP contribution < -0.4 is 0 Å². The maximum Gasteiger partial charge on any atom is 0.227 e. The maximum atomic E-state index is 6.14. The van der Waals surface area contributed by atoms with Gasteiger partial charge in [0.25, 0.3) is 0 Å². The van der Waals surface area contributed by atoms with Crippen LogP contribution in [-0.4, -0.2) is 9.97 Å². The summed E-state index contributed by atoms with van der Waals surface area (Å²) in [7, 11) is 0. The van der Waals surface area contributed by atoms with Gasteiger partial charge in [-0.05, 0) is 53.6 Å². The number of fused-ring (bicyclic) bond motifs is 7. The summed E-state index contributed by atoms with van der Waals surface area (Å²) >= 11 is 0. The lowest BCUT2D eigenvalue weighted by molar-refractivity contribution is 0.502. The van der Waals surface area contributed by atoms with Crippen LogP contribution in [0.3, 0.4) is 0 Å². The van der Waals surface area contributed by atoms with Crippen LogP contribution in [0.1, 0.15) is 70.6 Å². The Morgan fingerprint density at radius 3 is 1.78 bits per heavy atom.